The summed E-state index contributed by atoms with van der Waals surface area (Å²) in [5.74, 6) is -0.541. The van der Waals surface area contributed by atoms with Crippen molar-refractivity contribution in [1.82, 2.24) is 19.6 Å². The van der Waals surface area contributed by atoms with Crippen molar-refractivity contribution >= 4 is 17.5 Å². The Labute approximate surface area is 134 Å². The molecular weight excluding hydrogens is 322 g/mol. The van der Waals surface area contributed by atoms with Gasteiger partial charge in [0.1, 0.15) is 11.6 Å². The van der Waals surface area contributed by atoms with Gasteiger partial charge in [0.05, 0.1) is 0 Å². The summed E-state index contributed by atoms with van der Waals surface area (Å²) >= 11 is 1.28. The summed E-state index contributed by atoms with van der Waals surface area (Å²) in [6, 6.07) is 5.01. The first-order valence-corrected chi connectivity index (χ1v) is 8.11. The molecule has 3 rings (SSSR count). The van der Waals surface area contributed by atoms with E-state index in [0.29, 0.717) is 22.9 Å². The lowest BCUT2D eigenvalue weighted by atomic mass is 10.2. The molecule has 23 heavy (non-hydrogen) atoms. The normalized spacial score (nSPS) is 11.3. The SMILES string of the molecule is CCCc1cc(=O)[nH]c2nnc(SCc3ccc(F)cc3F)n12. The van der Waals surface area contributed by atoms with Gasteiger partial charge in [-0.1, -0.05) is 31.2 Å². The Bertz CT molecular complexity index is 906. The van der Waals surface area contributed by atoms with Crippen molar-refractivity contribution in [3.8, 4) is 0 Å². The van der Waals surface area contributed by atoms with E-state index in [0.717, 1.165) is 18.2 Å². The highest BCUT2D eigenvalue weighted by Gasteiger charge is 2.13. The van der Waals surface area contributed by atoms with Gasteiger partial charge in [-0.15, -0.1) is 10.2 Å². The Balaban J connectivity index is 1.92. The number of nitrogens with zero attached hydrogens (tertiary/aromatic N) is 3. The molecule has 0 amide bonds. The zero-order valence-corrected chi connectivity index (χ0v) is 13.2. The Morgan fingerprint density at radius 3 is 2.83 bits per heavy atom. The molecule has 0 atom stereocenters. The van der Waals surface area contributed by atoms with E-state index in [1.54, 1.807) is 4.40 Å². The van der Waals surface area contributed by atoms with E-state index < -0.39 is 11.6 Å². The highest BCUT2D eigenvalue weighted by atomic mass is 32.2. The Kier molecular flexibility index (Phi) is 4.42. The van der Waals surface area contributed by atoms with Crippen LogP contribution >= 0.6 is 11.8 Å². The number of thioether (sulfide) groups is 1. The van der Waals surface area contributed by atoms with Gasteiger partial charge in [0, 0.05) is 23.6 Å². The number of aryl methyl sites for hydroxylation is 1. The number of fused-ring (bicyclic) bond motifs is 1. The molecule has 2 aromatic heterocycles. The van der Waals surface area contributed by atoms with Crippen LogP contribution in [0.4, 0.5) is 8.78 Å². The van der Waals surface area contributed by atoms with Crippen LogP contribution in [0.3, 0.4) is 0 Å². The van der Waals surface area contributed by atoms with Crippen LogP contribution in [-0.4, -0.2) is 19.6 Å². The second kappa shape index (κ2) is 6.49. The molecule has 0 saturated carbocycles. The number of nitrogens with one attached hydrogen (secondary N) is 1. The van der Waals surface area contributed by atoms with Crippen molar-refractivity contribution in [1.29, 1.82) is 0 Å². The molecule has 3 aromatic rings. The van der Waals surface area contributed by atoms with Crippen LogP contribution in [0.2, 0.25) is 0 Å². The fourth-order valence-electron chi connectivity index (χ4n) is 2.29. The standard InChI is InChI=1S/C15H14F2N4OS/c1-2-3-11-7-13(22)18-14-19-20-15(21(11)14)23-8-9-4-5-10(16)6-12(9)17/h4-7H,2-3,8H2,1H3,(H,18,19,22). The smallest absolute Gasteiger partial charge is 0.252 e. The number of aromatic amines is 1. The second-order valence-corrected chi connectivity index (χ2v) is 5.98. The number of H-pyrrole nitrogens is 1. The summed E-state index contributed by atoms with van der Waals surface area (Å²) in [6.45, 7) is 2.01. The van der Waals surface area contributed by atoms with E-state index in [2.05, 4.69) is 15.2 Å². The van der Waals surface area contributed by atoms with Crippen LogP contribution in [0.25, 0.3) is 5.78 Å². The molecule has 0 saturated heterocycles. The second-order valence-electron chi connectivity index (χ2n) is 5.04. The van der Waals surface area contributed by atoms with Gasteiger partial charge in [-0.05, 0) is 18.1 Å². The minimum absolute atomic E-state index is 0.227. The summed E-state index contributed by atoms with van der Waals surface area (Å²) < 4.78 is 28.4. The first kappa shape index (κ1) is 15.7. The minimum atomic E-state index is -0.605. The lowest BCUT2D eigenvalue weighted by Gasteiger charge is -2.06. The maximum Gasteiger partial charge on any atom is 0.252 e. The fourth-order valence-corrected chi connectivity index (χ4v) is 3.24. The van der Waals surface area contributed by atoms with Crippen molar-refractivity contribution in [2.24, 2.45) is 0 Å². The van der Waals surface area contributed by atoms with E-state index in [9.17, 15) is 13.6 Å². The van der Waals surface area contributed by atoms with E-state index in [1.807, 2.05) is 6.92 Å². The van der Waals surface area contributed by atoms with Gasteiger partial charge >= 0.3 is 0 Å². The molecule has 2 heterocycles. The van der Waals surface area contributed by atoms with Crippen molar-refractivity contribution in [2.75, 3.05) is 0 Å². The molecule has 0 radical (unpaired) electrons. The lowest BCUT2D eigenvalue weighted by molar-refractivity contribution is 0.576. The van der Waals surface area contributed by atoms with Gasteiger partial charge in [0.2, 0.25) is 5.78 Å². The van der Waals surface area contributed by atoms with Gasteiger partial charge < -0.3 is 0 Å². The molecule has 0 aliphatic rings. The lowest BCUT2D eigenvalue weighted by Crippen LogP contribution is -2.11. The first-order valence-electron chi connectivity index (χ1n) is 7.12. The molecule has 0 spiro atoms. The summed E-state index contributed by atoms with van der Waals surface area (Å²) in [7, 11) is 0. The van der Waals surface area contributed by atoms with E-state index >= 15 is 0 Å². The predicted molar refractivity (Wildman–Crippen MR) is 83.5 cm³/mol. The Morgan fingerprint density at radius 1 is 1.26 bits per heavy atom. The monoisotopic (exact) mass is 336 g/mol. The molecule has 0 aliphatic carbocycles. The number of hydrogen-bond donors (Lipinski definition) is 1. The Morgan fingerprint density at radius 2 is 2.09 bits per heavy atom. The van der Waals surface area contributed by atoms with E-state index in [4.69, 9.17) is 0 Å². The van der Waals surface area contributed by atoms with Crippen LogP contribution in [0.1, 0.15) is 24.6 Å². The molecule has 120 valence electrons. The van der Waals surface area contributed by atoms with Crippen LogP contribution in [0.5, 0.6) is 0 Å². The topological polar surface area (TPSA) is 63.0 Å². The third-order valence-electron chi connectivity index (χ3n) is 3.33. The van der Waals surface area contributed by atoms with E-state index in [1.165, 1.54) is 30.0 Å². The maximum absolute atomic E-state index is 13.7. The number of hydrogen-bond acceptors (Lipinski definition) is 4. The number of benzene rings is 1. The average Bonchev–Trinajstić information content (AvgIpc) is 2.89. The van der Waals surface area contributed by atoms with Crippen molar-refractivity contribution < 1.29 is 8.78 Å². The molecule has 5 nitrogen and oxygen atoms in total. The summed E-state index contributed by atoms with van der Waals surface area (Å²) in [4.78, 5) is 14.2. The van der Waals surface area contributed by atoms with Crippen LogP contribution in [0, 0.1) is 11.6 Å². The largest absolute Gasteiger partial charge is 0.291 e. The van der Waals surface area contributed by atoms with Crippen molar-refractivity contribution in [2.45, 2.75) is 30.7 Å². The summed E-state index contributed by atoms with van der Waals surface area (Å²) in [6.07, 6.45) is 1.57. The van der Waals surface area contributed by atoms with Gasteiger partial charge in [0.25, 0.3) is 5.56 Å². The highest BCUT2D eigenvalue weighted by Crippen LogP contribution is 2.24. The summed E-state index contributed by atoms with van der Waals surface area (Å²) in [5.41, 5.74) is 0.961. The third-order valence-corrected chi connectivity index (χ3v) is 4.31. The Hall–Kier alpha value is -2.22. The quantitative estimate of drug-likeness (QED) is 0.728. The minimum Gasteiger partial charge on any atom is -0.291 e. The third kappa shape index (κ3) is 3.26. The maximum atomic E-state index is 13.7. The zero-order valence-electron chi connectivity index (χ0n) is 12.3. The summed E-state index contributed by atoms with van der Waals surface area (Å²) in [5, 5.41) is 8.56. The van der Waals surface area contributed by atoms with Gasteiger partial charge in [-0.25, -0.2) is 8.78 Å². The van der Waals surface area contributed by atoms with Crippen LogP contribution in [-0.2, 0) is 12.2 Å². The molecule has 1 aromatic carbocycles. The molecule has 0 fully saturated rings. The first-order chi connectivity index (χ1) is 11.1. The highest BCUT2D eigenvalue weighted by molar-refractivity contribution is 7.98. The van der Waals surface area contributed by atoms with Crippen molar-refractivity contribution in [3.05, 3.63) is 57.5 Å². The molecule has 0 unspecified atom stereocenters. The number of aromatic nitrogens is 4. The average molecular weight is 336 g/mol. The molecule has 0 bridgehead atoms. The van der Waals surface area contributed by atoms with Crippen LogP contribution in [0.15, 0.2) is 34.2 Å². The van der Waals surface area contributed by atoms with E-state index in [-0.39, 0.29) is 11.3 Å². The fraction of sp³-hybridized carbons (Fsp3) is 0.267. The predicted octanol–water partition coefficient (Wildman–Crippen LogP) is 2.94. The van der Waals surface area contributed by atoms with Gasteiger partial charge in [0.15, 0.2) is 5.16 Å². The molecule has 8 heteroatoms. The molecular formula is C15H14F2N4OS. The van der Waals surface area contributed by atoms with Gasteiger partial charge in [-0.3, -0.25) is 14.2 Å². The van der Waals surface area contributed by atoms with Crippen LogP contribution < -0.4 is 5.56 Å². The number of halogens is 2. The van der Waals surface area contributed by atoms with Gasteiger partial charge in [-0.2, -0.15) is 0 Å². The molecule has 1 N–H and O–H groups in total. The van der Waals surface area contributed by atoms with Crippen molar-refractivity contribution in [3.63, 3.8) is 0 Å². The number of rotatable bonds is 5. The zero-order chi connectivity index (χ0) is 16.4. The molecule has 0 aliphatic heterocycles.